The molecule has 0 saturated heterocycles. The van der Waals surface area contributed by atoms with Gasteiger partial charge in [0.2, 0.25) is 0 Å². The SMILES string of the molecule is CCN(CC)c1ccc2c(C)c(CCOC(=O)NCCCN(C)C)c(=O)oc2c1. The number of benzene rings is 1. The van der Waals surface area contributed by atoms with Crippen molar-refractivity contribution in [2.75, 3.05) is 51.8 Å². The van der Waals surface area contributed by atoms with Crippen molar-refractivity contribution >= 4 is 22.7 Å². The smallest absolute Gasteiger partial charge is 0.407 e. The number of ether oxygens (including phenoxy) is 1. The van der Waals surface area contributed by atoms with Gasteiger partial charge in [0.1, 0.15) is 5.58 Å². The number of anilines is 1. The Kier molecular flexibility index (Phi) is 8.51. The second-order valence-corrected chi connectivity index (χ2v) is 7.32. The lowest BCUT2D eigenvalue weighted by molar-refractivity contribution is 0.147. The van der Waals surface area contributed by atoms with E-state index in [1.807, 2.05) is 39.2 Å². The molecular formula is C22H33N3O4. The molecule has 1 heterocycles. The lowest BCUT2D eigenvalue weighted by atomic mass is 10.0. The molecule has 0 radical (unpaired) electrons. The lowest BCUT2D eigenvalue weighted by Crippen LogP contribution is -2.28. The van der Waals surface area contributed by atoms with E-state index < -0.39 is 6.09 Å². The molecule has 2 rings (SSSR count). The van der Waals surface area contributed by atoms with Crippen molar-refractivity contribution in [3.05, 3.63) is 39.7 Å². The summed E-state index contributed by atoms with van der Waals surface area (Å²) in [6.07, 6.45) is 0.716. The molecule has 0 unspecified atom stereocenters. The molecule has 1 aromatic carbocycles. The van der Waals surface area contributed by atoms with E-state index in [-0.39, 0.29) is 12.2 Å². The molecular weight excluding hydrogens is 370 g/mol. The molecule has 0 bridgehead atoms. The van der Waals surface area contributed by atoms with Crippen molar-refractivity contribution in [2.45, 2.75) is 33.6 Å². The Morgan fingerprint density at radius 3 is 2.59 bits per heavy atom. The third-order valence-electron chi connectivity index (χ3n) is 5.04. The van der Waals surface area contributed by atoms with Gasteiger partial charge in [-0.2, -0.15) is 0 Å². The van der Waals surface area contributed by atoms with Gasteiger partial charge in [0.25, 0.3) is 0 Å². The lowest BCUT2D eigenvalue weighted by Gasteiger charge is -2.21. The number of carbonyl (C=O) groups excluding carboxylic acids is 1. The van der Waals surface area contributed by atoms with Gasteiger partial charge < -0.3 is 24.3 Å². The van der Waals surface area contributed by atoms with Gasteiger partial charge in [0, 0.05) is 48.8 Å². The van der Waals surface area contributed by atoms with Crippen LogP contribution in [-0.2, 0) is 11.2 Å². The van der Waals surface area contributed by atoms with Crippen molar-refractivity contribution < 1.29 is 13.9 Å². The van der Waals surface area contributed by atoms with E-state index in [0.29, 0.717) is 24.1 Å². The van der Waals surface area contributed by atoms with Gasteiger partial charge in [-0.05, 0) is 65.5 Å². The number of alkyl carbamates (subject to hydrolysis) is 1. The largest absolute Gasteiger partial charge is 0.449 e. The van der Waals surface area contributed by atoms with Crippen molar-refractivity contribution in [3.8, 4) is 0 Å². The van der Waals surface area contributed by atoms with E-state index in [4.69, 9.17) is 9.15 Å². The van der Waals surface area contributed by atoms with Crippen LogP contribution in [0.15, 0.2) is 27.4 Å². The van der Waals surface area contributed by atoms with Crippen LogP contribution in [0.25, 0.3) is 11.0 Å². The fourth-order valence-corrected chi connectivity index (χ4v) is 3.34. The van der Waals surface area contributed by atoms with Crippen LogP contribution in [0.1, 0.15) is 31.4 Å². The molecule has 0 atom stereocenters. The number of hydrogen-bond donors (Lipinski definition) is 1. The predicted molar refractivity (Wildman–Crippen MR) is 117 cm³/mol. The van der Waals surface area contributed by atoms with E-state index in [1.165, 1.54) is 0 Å². The molecule has 0 aliphatic rings. The zero-order valence-corrected chi connectivity index (χ0v) is 18.2. The highest BCUT2D eigenvalue weighted by Crippen LogP contribution is 2.25. The summed E-state index contributed by atoms with van der Waals surface area (Å²) in [6.45, 7) is 9.46. The standard InChI is InChI=1S/C22H33N3O4/c1-6-25(7-2)17-9-10-18-16(3)19(21(26)29-20(18)15-17)11-14-28-22(27)23-12-8-13-24(4)5/h9-10,15H,6-8,11-14H2,1-5H3,(H,23,27). The van der Waals surface area contributed by atoms with Crippen LogP contribution in [0, 0.1) is 6.92 Å². The average molecular weight is 404 g/mol. The minimum absolute atomic E-state index is 0.133. The summed E-state index contributed by atoms with van der Waals surface area (Å²) in [6, 6.07) is 5.95. The van der Waals surface area contributed by atoms with Crippen LogP contribution < -0.4 is 15.8 Å². The minimum Gasteiger partial charge on any atom is -0.449 e. The number of nitrogens with zero attached hydrogens (tertiary/aromatic N) is 2. The Bertz CT molecular complexity index is 872. The second kappa shape index (κ2) is 10.9. The first kappa shape index (κ1) is 22.7. The monoisotopic (exact) mass is 403 g/mol. The molecule has 7 heteroatoms. The quantitative estimate of drug-likeness (QED) is 0.485. The van der Waals surface area contributed by atoms with E-state index in [2.05, 4.69) is 29.0 Å². The molecule has 0 fully saturated rings. The molecule has 2 aromatic rings. The fraction of sp³-hybridized carbons (Fsp3) is 0.545. The Balaban J connectivity index is 2.02. The molecule has 29 heavy (non-hydrogen) atoms. The van der Waals surface area contributed by atoms with Crippen LogP contribution in [0.3, 0.4) is 0 Å². The normalized spacial score (nSPS) is 11.1. The molecule has 1 amide bonds. The van der Waals surface area contributed by atoms with Crippen LogP contribution >= 0.6 is 0 Å². The number of carbonyl (C=O) groups is 1. The molecule has 1 N–H and O–H groups in total. The molecule has 7 nitrogen and oxygen atoms in total. The van der Waals surface area contributed by atoms with Crippen LogP contribution in [-0.4, -0.2) is 57.9 Å². The number of rotatable bonds is 10. The van der Waals surface area contributed by atoms with Crippen LogP contribution in [0.2, 0.25) is 0 Å². The maximum absolute atomic E-state index is 12.5. The molecule has 0 aliphatic heterocycles. The Hall–Kier alpha value is -2.54. The summed E-state index contributed by atoms with van der Waals surface area (Å²) in [7, 11) is 3.97. The first-order valence-corrected chi connectivity index (χ1v) is 10.2. The fourth-order valence-electron chi connectivity index (χ4n) is 3.34. The van der Waals surface area contributed by atoms with E-state index in [9.17, 15) is 9.59 Å². The maximum Gasteiger partial charge on any atom is 0.407 e. The highest BCUT2D eigenvalue weighted by Gasteiger charge is 2.14. The molecule has 1 aromatic heterocycles. The van der Waals surface area contributed by atoms with Crippen molar-refractivity contribution in [3.63, 3.8) is 0 Å². The first-order chi connectivity index (χ1) is 13.9. The summed E-state index contributed by atoms with van der Waals surface area (Å²) < 4.78 is 10.8. The zero-order valence-electron chi connectivity index (χ0n) is 18.2. The number of fused-ring (bicyclic) bond motifs is 1. The van der Waals surface area contributed by atoms with Crippen molar-refractivity contribution in [1.29, 1.82) is 0 Å². The Labute approximate surface area is 172 Å². The predicted octanol–water partition coefficient (Wildman–Crippen LogP) is 3.17. The molecule has 160 valence electrons. The van der Waals surface area contributed by atoms with Crippen molar-refractivity contribution in [2.24, 2.45) is 0 Å². The summed E-state index contributed by atoms with van der Waals surface area (Å²) in [5.74, 6) is 0. The Morgan fingerprint density at radius 2 is 1.93 bits per heavy atom. The number of amides is 1. The topological polar surface area (TPSA) is 75.0 Å². The average Bonchev–Trinajstić information content (AvgIpc) is 2.68. The summed E-state index contributed by atoms with van der Waals surface area (Å²) in [5.41, 5.74) is 2.67. The zero-order chi connectivity index (χ0) is 21.4. The third-order valence-corrected chi connectivity index (χ3v) is 5.04. The highest BCUT2D eigenvalue weighted by atomic mass is 16.5. The molecule has 0 spiro atoms. The number of nitrogens with one attached hydrogen (secondary N) is 1. The van der Waals surface area contributed by atoms with Crippen LogP contribution in [0.5, 0.6) is 0 Å². The van der Waals surface area contributed by atoms with E-state index in [0.717, 1.165) is 42.7 Å². The number of aryl methyl sites for hydroxylation is 1. The van der Waals surface area contributed by atoms with Gasteiger partial charge in [0.05, 0.1) is 6.61 Å². The molecule has 0 aliphatic carbocycles. The number of hydrogen-bond acceptors (Lipinski definition) is 6. The Morgan fingerprint density at radius 1 is 1.21 bits per heavy atom. The van der Waals surface area contributed by atoms with Gasteiger partial charge in [-0.15, -0.1) is 0 Å². The van der Waals surface area contributed by atoms with Gasteiger partial charge in [-0.25, -0.2) is 9.59 Å². The van der Waals surface area contributed by atoms with Crippen LogP contribution in [0.4, 0.5) is 10.5 Å². The van der Waals surface area contributed by atoms with Gasteiger partial charge in [-0.3, -0.25) is 0 Å². The molecule has 0 saturated carbocycles. The first-order valence-electron chi connectivity index (χ1n) is 10.2. The van der Waals surface area contributed by atoms with E-state index >= 15 is 0 Å². The minimum atomic E-state index is -0.463. The van der Waals surface area contributed by atoms with E-state index in [1.54, 1.807) is 0 Å². The maximum atomic E-state index is 12.5. The van der Waals surface area contributed by atoms with Gasteiger partial charge in [0.15, 0.2) is 0 Å². The summed E-state index contributed by atoms with van der Waals surface area (Å²) in [4.78, 5) is 28.5. The van der Waals surface area contributed by atoms with Gasteiger partial charge in [-0.1, -0.05) is 0 Å². The summed E-state index contributed by atoms with van der Waals surface area (Å²) >= 11 is 0. The third kappa shape index (κ3) is 6.22. The van der Waals surface area contributed by atoms with Crippen molar-refractivity contribution in [1.82, 2.24) is 10.2 Å². The second-order valence-electron chi connectivity index (χ2n) is 7.32. The highest BCUT2D eigenvalue weighted by molar-refractivity contribution is 5.84. The summed E-state index contributed by atoms with van der Waals surface area (Å²) in [5, 5.41) is 3.62. The van der Waals surface area contributed by atoms with Gasteiger partial charge >= 0.3 is 11.7 Å².